The Labute approximate surface area is 166 Å². The molecule has 0 spiro atoms. The molecule has 2 saturated heterocycles. The first-order chi connectivity index (χ1) is 13.1. The number of anilines is 2. The molecule has 4 rings (SSSR count). The highest BCUT2D eigenvalue weighted by molar-refractivity contribution is 7.19. The molecule has 2 amide bonds. The number of nitrogens with one attached hydrogen (secondary N) is 1. The maximum absolute atomic E-state index is 12.7. The Morgan fingerprint density at radius 1 is 1.22 bits per heavy atom. The molecule has 27 heavy (non-hydrogen) atoms. The van der Waals surface area contributed by atoms with Gasteiger partial charge in [-0.25, -0.2) is 0 Å². The van der Waals surface area contributed by atoms with Gasteiger partial charge in [-0.3, -0.25) is 14.5 Å². The molecule has 2 aliphatic rings. The van der Waals surface area contributed by atoms with Crippen molar-refractivity contribution >= 4 is 45.0 Å². The minimum Gasteiger partial charge on any atom is -0.350 e. The summed E-state index contributed by atoms with van der Waals surface area (Å²) in [5, 5.41) is 13.4. The van der Waals surface area contributed by atoms with Crippen molar-refractivity contribution < 1.29 is 9.59 Å². The zero-order chi connectivity index (χ0) is 18.8. The molecule has 142 valence electrons. The normalized spacial score (nSPS) is 19.7. The summed E-state index contributed by atoms with van der Waals surface area (Å²) in [7, 11) is 0. The van der Waals surface area contributed by atoms with Crippen molar-refractivity contribution in [2.45, 2.75) is 38.3 Å². The van der Waals surface area contributed by atoms with Gasteiger partial charge >= 0.3 is 0 Å². The number of carbonyl (C=O) groups is 2. The topological polar surface area (TPSA) is 78.4 Å². The first kappa shape index (κ1) is 18.2. The molecule has 1 unspecified atom stereocenters. The van der Waals surface area contributed by atoms with Crippen LogP contribution in [0.2, 0.25) is 5.02 Å². The van der Waals surface area contributed by atoms with E-state index in [0.717, 1.165) is 31.4 Å². The van der Waals surface area contributed by atoms with Gasteiger partial charge in [0.05, 0.1) is 0 Å². The lowest BCUT2D eigenvalue weighted by molar-refractivity contribution is -0.122. The van der Waals surface area contributed by atoms with Crippen LogP contribution in [0.1, 0.15) is 31.2 Å². The first-order valence-corrected chi connectivity index (χ1v) is 10.2. The Bertz CT molecular complexity index is 858. The molecule has 2 fully saturated rings. The Balaban J connectivity index is 1.43. The van der Waals surface area contributed by atoms with Crippen LogP contribution in [0.5, 0.6) is 0 Å². The number of hydrogen-bond donors (Lipinski definition) is 1. The minimum atomic E-state index is -0.275. The number of rotatable bonds is 5. The van der Waals surface area contributed by atoms with Gasteiger partial charge in [0.25, 0.3) is 0 Å². The van der Waals surface area contributed by atoms with E-state index in [4.69, 9.17) is 11.6 Å². The summed E-state index contributed by atoms with van der Waals surface area (Å²) in [4.78, 5) is 28.3. The summed E-state index contributed by atoms with van der Waals surface area (Å²) < 4.78 is 0. The molecule has 0 bridgehead atoms. The fraction of sp³-hybridized carbons (Fsp3) is 0.444. The molecule has 2 aromatic rings. The van der Waals surface area contributed by atoms with E-state index in [1.54, 1.807) is 4.90 Å². The predicted molar refractivity (Wildman–Crippen MR) is 105 cm³/mol. The van der Waals surface area contributed by atoms with Crippen molar-refractivity contribution in [2.24, 2.45) is 0 Å². The van der Waals surface area contributed by atoms with E-state index in [9.17, 15) is 9.59 Å². The Hall–Kier alpha value is -2.19. The zero-order valence-corrected chi connectivity index (χ0v) is 16.3. The van der Waals surface area contributed by atoms with Gasteiger partial charge < -0.3 is 10.2 Å². The van der Waals surface area contributed by atoms with Crippen molar-refractivity contribution in [1.29, 1.82) is 0 Å². The summed E-state index contributed by atoms with van der Waals surface area (Å²) in [5.41, 5.74) is 0.891. The molecule has 7 nitrogen and oxygen atoms in total. The van der Waals surface area contributed by atoms with Gasteiger partial charge in [-0.05, 0) is 30.9 Å². The molecule has 1 N–H and O–H groups in total. The van der Waals surface area contributed by atoms with Crippen molar-refractivity contribution in [3.8, 4) is 0 Å². The SMILES string of the molecule is O=C(NCc1ccccc1Cl)C1CCCN1c1nnc(N2CCCC2=O)s1. The highest BCUT2D eigenvalue weighted by Gasteiger charge is 2.34. The van der Waals surface area contributed by atoms with E-state index >= 15 is 0 Å². The second kappa shape index (κ2) is 7.82. The van der Waals surface area contributed by atoms with Gasteiger partial charge in [0.1, 0.15) is 6.04 Å². The highest BCUT2D eigenvalue weighted by atomic mass is 35.5. The summed E-state index contributed by atoms with van der Waals surface area (Å²) in [6.45, 7) is 1.84. The van der Waals surface area contributed by atoms with Crippen molar-refractivity contribution in [1.82, 2.24) is 15.5 Å². The van der Waals surface area contributed by atoms with E-state index in [2.05, 4.69) is 15.5 Å². The maximum atomic E-state index is 12.7. The second-order valence-corrected chi connectivity index (χ2v) is 8.02. The van der Waals surface area contributed by atoms with Gasteiger partial charge in [-0.2, -0.15) is 0 Å². The lowest BCUT2D eigenvalue weighted by Gasteiger charge is -2.22. The second-order valence-electron chi connectivity index (χ2n) is 6.68. The molecule has 1 aromatic heterocycles. The Morgan fingerprint density at radius 2 is 2.04 bits per heavy atom. The Morgan fingerprint density at radius 3 is 2.81 bits per heavy atom. The zero-order valence-electron chi connectivity index (χ0n) is 14.7. The van der Waals surface area contributed by atoms with Gasteiger partial charge in [0.15, 0.2) is 0 Å². The molecular weight excluding hydrogens is 386 g/mol. The van der Waals surface area contributed by atoms with Gasteiger partial charge in [0.2, 0.25) is 22.1 Å². The van der Waals surface area contributed by atoms with Crippen LogP contribution >= 0.6 is 22.9 Å². The predicted octanol–water partition coefficient (Wildman–Crippen LogP) is 2.60. The van der Waals surface area contributed by atoms with Crippen LogP contribution in [0.15, 0.2) is 24.3 Å². The lowest BCUT2D eigenvalue weighted by Crippen LogP contribution is -2.43. The van der Waals surface area contributed by atoms with Crippen LogP contribution in [-0.4, -0.2) is 41.1 Å². The molecule has 1 aromatic carbocycles. The highest BCUT2D eigenvalue weighted by Crippen LogP contribution is 2.33. The Kier molecular flexibility index (Phi) is 5.27. The number of carbonyl (C=O) groups excluding carboxylic acids is 2. The number of benzene rings is 1. The van der Waals surface area contributed by atoms with Crippen LogP contribution in [0.4, 0.5) is 10.3 Å². The third-order valence-electron chi connectivity index (χ3n) is 4.92. The summed E-state index contributed by atoms with van der Waals surface area (Å²) in [6, 6.07) is 7.21. The standard InChI is InChI=1S/C18H20ClN5O2S/c19-13-6-2-1-5-12(13)11-20-16(26)14-7-3-9-23(14)17-21-22-18(27-17)24-10-4-8-15(24)25/h1-2,5-6,14H,3-4,7-11H2,(H,20,26). The van der Waals surface area contributed by atoms with Gasteiger partial charge in [0, 0.05) is 31.1 Å². The number of halogens is 1. The van der Waals surface area contributed by atoms with Crippen LogP contribution < -0.4 is 15.1 Å². The fourth-order valence-corrected chi connectivity index (χ4v) is 4.66. The molecule has 2 aliphatic heterocycles. The lowest BCUT2D eigenvalue weighted by atomic mass is 10.2. The largest absolute Gasteiger partial charge is 0.350 e. The van der Waals surface area contributed by atoms with E-state index in [1.165, 1.54) is 11.3 Å². The number of aromatic nitrogens is 2. The number of nitrogens with zero attached hydrogens (tertiary/aromatic N) is 4. The first-order valence-electron chi connectivity index (χ1n) is 9.05. The van der Waals surface area contributed by atoms with Crippen molar-refractivity contribution in [3.63, 3.8) is 0 Å². The summed E-state index contributed by atoms with van der Waals surface area (Å²) >= 11 is 7.54. The molecule has 0 saturated carbocycles. The average Bonchev–Trinajstić information content (AvgIpc) is 3.40. The average molecular weight is 406 g/mol. The maximum Gasteiger partial charge on any atom is 0.243 e. The summed E-state index contributed by atoms with van der Waals surface area (Å²) in [6.07, 6.45) is 3.10. The van der Waals surface area contributed by atoms with E-state index in [0.29, 0.717) is 34.8 Å². The molecule has 0 radical (unpaired) electrons. The van der Waals surface area contributed by atoms with Crippen LogP contribution in [0.25, 0.3) is 0 Å². The third-order valence-corrected chi connectivity index (χ3v) is 6.27. The molecule has 3 heterocycles. The molecule has 0 aliphatic carbocycles. The smallest absolute Gasteiger partial charge is 0.243 e. The van der Waals surface area contributed by atoms with E-state index in [1.807, 2.05) is 29.2 Å². The number of amides is 2. The van der Waals surface area contributed by atoms with E-state index < -0.39 is 0 Å². The van der Waals surface area contributed by atoms with Gasteiger partial charge in [-0.15, -0.1) is 10.2 Å². The van der Waals surface area contributed by atoms with Crippen LogP contribution in [0.3, 0.4) is 0 Å². The monoisotopic (exact) mass is 405 g/mol. The molecule has 1 atom stereocenters. The van der Waals surface area contributed by atoms with Gasteiger partial charge in [-0.1, -0.05) is 41.1 Å². The quantitative estimate of drug-likeness (QED) is 0.827. The minimum absolute atomic E-state index is 0.0404. The van der Waals surface area contributed by atoms with Crippen molar-refractivity contribution in [2.75, 3.05) is 22.9 Å². The third kappa shape index (κ3) is 3.77. The van der Waals surface area contributed by atoms with Crippen molar-refractivity contribution in [3.05, 3.63) is 34.9 Å². The number of hydrogen-bond acceptors (Lipinski definition) is 6. The summed E-state index contributed by atoms with van der Waals surface area (Å²) in [5.74, 6) is 0.0505. The van der Waals surface area contributed by atoms with E-state index in [-0.39, 0.29) is 17.9 Å². The fourth-order valence-electron chi connectivity index (χ4n) is 3.49. The molecular formula is C18H20ClN5O2S. The van der Waals surface area contributed by atoms with Crippen LogP contribution in [-0.2, 0) is 16.1 Å². The molecule has 9 heteroatoms. The van der Waals surface area contributed by atoms with Crippen LogP contribution in [0, 0.1) is 0 Å².